The van der Waals surface area contributed by atoms with Crippen LogP contribution in [-0.2, 0) is 12.8 Å². The van der Waals surface area contributed by atoms with Crippen molar-refractivity contribution in [3.63, 3.8) is 0 Å². The number of aryl methyl sites for hydroxylation is 2. The zero-order valence-electron chi connectivity index (χ0n) is 14.8. The highest BCUT2D eigenvalue weighted by molar-refractivity contribution is 5.31. The quantitative estimate of drug-likeness (QED) is 0.520. The molecular formula is C22H30O2. The summed E-state index contributed by atoms with van der Waals surface area (Å²) in [5, 5.41) is 9.73. The summed E-state index contributed by atoms with van der Waals surface area (Å²) in [6.45, 7) is 0. The van der Waals surface area contributed by atoms with E-state index in [0.29, 0.717) is 5.75 Å². The Kier molecular flexibility index (Phi) is 8.23. The van der Waals surface area contributed by atoms with Crippen molar-refractivity contribution in [2.75, 3.05) is 7.11 Å². The molecule has 0 aliphatic carbocycles. The Morgan fingerprint density at radius 2 is 1.42 bits per heavy atom. The van der Waals surface area contributed by atoms with Crippen LogP contribution in [0.25, 0.3) is 0 Å². The lowest BCUT2D eigenvalue weighted by molar-refractivity contribution is 0.414. The smallest absolute Gasteiger partial charge is 0.119 e. The highest BCUT2D eigenvalue weighted by Crippen LogP contribution is 2.19. The first-order chi connectivity index (χ1) is 11.8. The van der Waals surface area contributed by atoms with Gasteiger partial charge in [-0.3, -0.25) is 0 Å². The lowest BCUT2D eigenvalue weighted by Gasteiger charge is -2.05. The van der Waals surface area contributed by atoms with Crippen LogP contribution in [0, 0.1) is 0 Å². The number of unbranched alkanes of at least 4 members (excludes halogenated alkanes) is 6. The van der Waals surface area contributed by atoms with Crippen molar-refractivity contribution in [3.05, 3.63) is 59.7 Å². The standard InChI is InChI=1S/C22H30O2/c1-24-21-16-11-13-19(18-21)12-7-5-3-2-4-6-8-14-20-15-9-10-17-22(20)23/h9-11,13,15-18,23H,2-8,12,14H2,1H3. The molecule has 0 saturated carbocycles. The van der Waals surface area contributed by atoms with Crippen LogP contribution in [0.5, 0.6) is 11.5 Å². The molecular weight excluding hydrogens is 296 g/mol. The van der Waals surface area contributed by atoms with Crippen LogP contribution in [-0.4, -0.2) is 12.2 Å². The molecule has 2 nitrogen and oxygen atoms in total. The molecule has 1 N–H and O–H groups in total. The van der Waals surface area contributed by atoms with E-state index in [2.05, 4.69) is 18.2 Å². The second-order valence-electron chi connectivity index (χ2n) is 6.46. The van der Waals surface area contributed by atoms with Crippen molar-refractivity contribution in [3.8, 4) is 11.5 Å². The molecule has 2 rings (SSSR count). The maximum absolute atomic E-state index is 9.73. The molecule has 0 radical (unpaired) electrons. The van der Waals surface area contributed by atoms with Gasteiger partial charge in [-0.15, -0.1) is 0 Å². The first kappa shape index (κ1) is 18.4. The number of hydrogen-bond acceptors (Lipinski definition) is 2. The minimum Gasteiger partial charge on any atom is -0.508 e. The lowest BCUT2D eigenvalue weighted by Crippen LogP contribution is -1.89. The number of benzene rings is 2. The number of para-hydroxylation sites is 1. The Morgan fingerprint density at radius 3 is 2.12 bits per heavy atom. The number of rotatable bonds is 11. The molecule has 0 aromatic heterocycles. The number of phenolic OH excluding ortho intramolecular Hbond substituents is 1. The van der Waals surface area contributed by atoms with Gasteiger partial charge in [0, 0.05) is 0 Å². The topological polar surface area (TPSA) is 29.5 Å². The van der Waals surface area contributed by atoms with E-state index in [-0.39, 0.29) is 0 Å². The third-order valence-corrected chi connectivity index (χ3v) is 4.54. The second kappa shape index (κ2) is 10.7. The van der Waals surface area contributed by atoms with Crippen LogP contribution in [0.4, 0.5) is 0 Å². The Balaban J connectivity index is 1.47. The summed E-state index contributed by atoms with van der Waals surface area (Å²) in [5.41, 5.74) is 2.45. The molecule has 0 heterocycles. The van der Waals surface area contributed by atoms with E-state index in [1.165, 1.54) is 50.5 Å². The largest absolute Gasteiger partial charge is 0.508 e. The van der Waals surface area contributed by atoms with Crippen LogP contribution in [0.3, 0.4) is 0 Å². The molecule has 0 amide bonds. The fourth-order valence-electron chi connectivity index (χ4n) is 3.08. The minimum atomic E-state index is 0.440. The van der Waals surface area contributed by atoms with Crippen molar-refractivity contribution in [2.24, 2.45) is 0 Å². The fraction of sp³-hybridized carbons (Fsp3) is 0.455. The van der Waals surface area contributed by atoms with Crippen molar-refractivity contribution < 1.29 is 9.84 Å². The summed E-state index contributed by atoms with van der Waals surface area (Å²) in [6, 6.07) is 16.1. The Labute approximate surface area is 146 Å². The minimum absolute atomic E-state index is 0.440. The van der Waals surface area contributed by atoms with Crippen molar-refractivity contribution in [1.29, 1.82) is 0 Å². The number of ether oxygens (including phenoxy) is 1. The van der Waals surface area contributed by atoms with Crippen LogP contribution < -0.4 is 4.74 Å². The average molecular weight is 326 g/mol. The van der Waals surface area contributed by atoms with Crippen molar-refractivity contribution >= 4 is 0 Å². The molecule has 2 aromatic carbocycles. The van der Waals surface area contributed by atoms with Gasteiger partial charge in [-0.2, -0.15) is 0 Å². The first-order valence-electron chi connectivity index (χ1n) is 9.19. The zero-order valence-corrected chi connectivity index (χ0v) is 14.8. The first-order valence-corrected chi connectivity index (χ1v) is 9.19. The third kappa shape index (κ3) is 6.66. The molecule has 0 aliphatic heterocycles. The molecule has 2 heteroatoms. The van der Waals surface area contributed by atoms with Gasteiger partial charge in [0.05, 0.1) is 7.11 Å². The SMILES string of the molecule is COc1cccc(CCCCCCCCCc2ccccc2O)c1. The lowest BCUT2D eigenvalue weighted by atomic mass is 10.0. The van der Waals surface area contributed by atoms with Crippen LogP contribution in [0.15, 0.2) is 48.5 Å². The van der Waals surface area contributed by atoms with E-state index in [4.69, 9.17) is 4.74 Å². The average Bonchev–Trinajstić information content (AvgIpc) is 2.62. The van der Waals surface area contributed by atoms with Gasteiger partial charge < -0.3 is 9.84 Å². The molecule has 2 aromatic rings. The number of phenols is 1. The maximum Gasteiger partial charge on any atom is 0.119 e. The van der Waals surface area contributed by atoms with E-state index < -0.39 is 0 Å². The van der Waals surface area contributed by atoms with Gasteiger partial charge in [0.15, 0.2) is 0 Å². The summed E-state index contributed by atoms with van der Waals surface area (Å²) in [4.78, 5) is 0. The Morgan fingerprint density at radius 1 is 0.750 bits per heavy atom. The molecule has 0 aliphatic rings. The van der Waals surface area contributed by atoms with Gasteiger partial charge >= 0.3 is 0 Å². The molecule has 0 fully saturated rings. The maximum atomic E-state index is 9.73. The fourth-order valence-corrected chi connectivity index (χ4v) is 3.08. The van der Waals surface area contributed by atoms with Crippen LogP contribution >= 0.6 is 0 Å². The molecule has 0 atom stereocenters. The van der Waals surface area contributed by atoms with E-state index >= 15 is 0 Å². The summed E-state index contributed by atoms with van der Waals surface area (Å²) in [6.07, 6.45) is 11.0. The normalized spacial score (nSPS) is 10.7. The second-order valence-corrected chi connectivity index (χ2v) is 6.46. The molecule has 24 heavy (non-hydrogen) atoms. The molecule has 130 valence electrons. The number of hydrogen-bond donors (Lipinski definition) is 1. The molecule has 0 saturated heterocycles. The van der Waals surface area contributed by atoms with Gasteiger partial charge in [0.1, 0.15) is 11.5 Å². The highest BCUT2D eigenvalue weighted by atomic mass is 16.5. The molecule has 0 spiro atoms. The van der Waals surface area contributed by atoms with Crippen LogP contribution in [0.2, 0.25) is 0 Å². The van der Waals surface area contributed by atoms with Gasteiger partial charge in [0.2, 0.25) is 0 Å². The summed E-state index contributed by atoms with van der Waals surface area (Å²) in [7, 11) is 1.72. The number of aromatic hydroxyl groups is 1. The third-order valence-electron chi connectivity index (χ3n) is 4.54. The number of methoxy groups -OCH3 is 1. The Bertz CT molecular complexity index is 592. The molecule has 0 unspecified atom stereocenters. The zero-order chi connectivity index (χ0) is 17.0. The Hall–Kier alpha value is -1.96. The summed E-state index contributed by atoms with van der Waals surface area (Å²) >= 11 is 0. The van der Waals surface area contributed by atoms with Crippen molar-refractivity contribution in [1.82, 2.24) is 0 Å². The highest BCUT2D eigenvalue weighted by Gasteiger charge is 2.00. The summed E-state index contributed by atoms with van der Waals surface area (Å²) < 4.78 is 5.26. The van der Waals surface area contributed by atoms with Crippen molar-refractivity contribution in [2.45, 2.75) is 57.8 Å². The summed E-state index contributed by atoms with van der Waals surface area (Å²) in [5.74, 6) is 1.40. The predicted molar refractivity (Wildman–Crippen MR) is 101 cm³/mol. The van der Waals surface area contributed by atoms with Crippen LogP contribution in [0.1, 0.15) is 56.1 Å². The predicted octanol–water partition coefficient (Wildman–Crippen LogP) is 5.92. The van der Waals surface area contributed by atoms with Gasteiger partial charge in [0.25, 0.3) is 0 Å². The molecule has 0 bridgehead atoms. The van der Waals surface area contributed by atoms with E-state index in [1.54, 1.807) is 13.2 Å². The van der Waals surface area contributed by atoms with Gasteiger partial charge in [-0.1, -0.05) is 62.4 Å². The monoisotopic (exact) mass is 326 g/mol. The van der Waals surface area contributed by atoms with Gasteiger partial charge in [-0.05, 0) is 55.0 Å². The van der Waals surface area contributed by atoms with Gasteiger partial charge in [-0.25, -0.2) is 0 Å². The van der Waals surface area contributed by atoms with E-state index in [1.807, 2.05) is 24.3 Å². The van der Waals surface area contributed by atoms with E-state index in [0.717, 1.165) is 24.2 Å². The van der Waals surface area contributed by atoms with E-state index in [9.17, 15) is 5.11 Å².